The molecule has 2 aliphatic rings. The van der Waals surface area contributed by atoms with E-state index >= 15 is 0 Å². The van der Waals surface area contributed by atoms with Crippen molar-refractivity contribution < 1.29 is 32.2 Å². The maximum atomic E-state index is 11.2. The number of aliphatic carboxylic acids is 1. The van der Waals surface area contributed by atoms with E-state index in [4.69, 9.17) is 9.84 Å². The van der Waals surface area contributed by atoms with Crippen molar-refractivity contribution in [2.45, 2.75) is 105 Å². The standard InChI is InChI=1S/C40H52I3NO6S/c1-38(2,3)32-25-28(26-33(50-32)39(4,5)6)19-13-9-8-10-14-20-31-40(7,22-16-11-15-21-34(45)46)35-30(27-29(41)36(42)37(35)43)44(31)23-17-12-18-24-51(47,48)49/h8-10,13-14,19-20,25-27H,11-12,15-18,21-24H2,1-7H3,(H-,45,46,47,48,49)/b10-8+,13-9+,20-14+. The summed E-state index contributed by atoms with van der Waals surface area (Å²) in [5.41, 5.74) is 4.18. The first-order valence-electron chi connectivity index (χ1n) is 17.5. The summed E-state index contributed by atoms with van der Waals surface area (Å²) in [7, 11) is -4.23. The molecule has 0 aliphatic carbocycles. The van der Waals surface area contributed by atoms with Crippen LogP contribution in [0.3, 0.4) is 0 Å². The number of rotatable bonds is 16. The van der Waals surface area contributed by atoms with Crippen molar-refractivity contribution >= 4 is 95.3 Å². The van der Waals surface area contributed by atoms with Gasteiger partial charge in [-0.2, -0.15) is 4.58 Å². The molecule has 3 rings (SSSR count). The van der Waals surface area contributed by atoms with Gasteiger partial charge in [0, 0.05) is 52.3 Å². The maximum absolute atomic E-state index is 11.2. The fraction of sp³-hybridized carbons (Fsp3) is 0.500. The number of halogens is 3. The van der Waals surface area contributed by atoms with Crippen molar-refractivity contribution in [3.8, 4) is 0 Å². The molecule has 280 valence electrons. The molecular formula is C40H52I3NO6S. The summed E-state index contributed by atoms with van der Waals surface area (Å²) >= 11 is 7.28. The molecule has 2 heterocycles. The van der Waals surface area contributed by atoms with E-state index in [2.05, 4.69) is 157 Å². The molecule has 0 saturated carbocycles. The molecule has 7 nitrogen and oxygen atoms in total. The number of allylic oxidation sites excluding steroid dienone is 12. The van der Waals surface area contributed by atoms with Gasteiger partial charge in [-0.25, -0.2) is 8.42 Å². The van der Waals surface area contributed by atoms with Crippen molar-refractivity contribution in [1.82, 2.24) is 0 Å². The van der Waals surface area contributed by atoms with Gasteiger partial charge in [-0.15, -0.1) is 0 Å². The van der Waals surface area contributed by atoms with Crippen LogP contribution in [0, 0.1) is 21.5 Å². The van der Waals surface area contributed by atoms with Crippen LogP contribution in [0.2, 0.25) is 0 Å². The number of fused-ring (bicyclic) bond motifs is 1. The summed E-state index contributed by atoms with van der Waals surface area (Å²) < 4.78 is 45.8. The van der Waals surface area contributed by atoms with Gasteiger partial charge in [0.2, 0.25) is 5.69 Å². The van der Waals surface area contributed by atoms with Crippen molar-refractivity contribution in [2.24, 2.45) is 10.8 Å². The lowest BCUT2D eigenvalue weighted by Gasteiger charge is -2.32. The van der Waals surface area contributed by atoms with Gasteiger partial charge in [-0.1, -0.05) is 90.8 Å². The molecule has 0 fully saturated rings. The molecule has 0 bridgehead atoms. The molecule has 0 saturated heterocycles. The van der Waals surface area contributed by atoms with Crippen molar-refractivity contribution in [1.29, 1.82) is 0 Å². The number of carbonyl (C=O) groups is 1. The Bertz CT molecular complexity index is 1750. The molecule has 0 aromatic heterocycles. The predicted molar refractivity (Wildman–Crippen MR) is 233 cm³/mol. The van der Waals surface area contributed by atoms with Crippen LogP contribution in [-0.2, 0) is 25.1 Å². The molecule has 1 atom stereocenters. The van der Waals surface area contributed by atoms with Crippen LogP contribution in [0.25, 0.3) is 0 Å². The van der Waals surface area contributed by atoms with Gasteiger partial charge < -0.3 is 14.4 Å². The van der Waals surface area contributed by atoms with E-state index < -0.39 is 16.1 Å². The first-order chi connectivity index (χ1) is 23.6. The van der Waals surface area contributed by atoms with Crippen LogP contribution in [0.1, 0.15) is 105 Å². The summed E-state index contributed by atoms with van der Waals surface area (Å²) in [6.45, 7) is 15.9. The number of unbranched alkanes of at least 4 members (excludes halogenated alkanes) is 4. The third-order valence-corrected chi connectivity index (χ3v) is 14.9. The molecule has 1 unspecified atom stereocenters. The fourth-order valence-electron chi connectivity index (χ4n) is 6.16. The molecule has 1 N–H and O–H groups in total. The molecule has 0 spiro atoms. The summed E-state index contributed by atoms with van der Waals surface area (Å²) in [5.74, 6) is 0.796. The molecular weight excluding hydrogens is 1000 g/mol. The Kier molecular flexibility index (Phi) is 16.3. The zero-order chi connectivity index (χ0) is 38.2. The Labute approximate surface area is 346 Å². The van der Waals surface area contributed by atoms with Crippen LogP contribution in [0.15, 0.2) is 77.8 Å². The average Bonchev–Trinajstić information content (AvgIpc) is 3.23. The first-order valence-corrected chi connectivity index (χ1v) is 22.3. The Morgan fingerprint density at radius 1 is 0.882 bits per heavy atom. The van der Waals surface area contributed by atoms with E-state index in [0.717, 1.165) is 48.5 Å². The smallest absolute Gasteiger partial charge is 0.303 e. The summed E-state index contributed by atoms with van der Waals surface area (Å²) in [5, 5.41) is 9.16. The second kappa shape index (κ2) is 18.8. The third kappa shape index (κ3) is 12.9. The number of nitrogens with zero attached hydrogens (tertiary/aromatic N) is 1. The highest BCUT2D eigenvalue weighted by Crippen LogP contribution is 2.48. The lowest BCUT2D eigenvalue weighted by molar-refractivity contribution is -0.438. The van der Waals surface area contributed by atoms with Crippen molar-refractivity contribution in [2.75, 3.05) is 12.3 Å². The van der Waals surface area contributed by atoms with Crippen LogP contribution < -0.4 is 0 Å². The predicted octanol–water partition coefficient (Wildman–Crippen LogP) is 11.1. The largest absolute Gasteiger partial charge is 0.748 e. The third-order valence-electron chi connectivity index (χ3n) is 8.96. The summed E-state index contributed by atoms with van der Waals surface area (Å²) in [4.78, 5) is 11.1. The average molecular weight is 1060 g/mol. The Morgan fingerprint density at radius 3 is 2.06 bits per heavy atom. The molecule has 1 aromatic rings. The highest BCUT2D eigenvalue weighted by molar-refractivity contribution is 14.1. The van der Waals surface area contributed by atoms with Crippen LogP contribution in [-0.4, -0.2) is 46.6 Å². The minimum Gasteiger partial charge on any atom is -0.748 e. The van der Waals surface area contributed by atoms with E-state index in [-0.39, 0.29) is 28.4 Å². The lowest BCUT2D eigenvalue weighted by Crippen LogP contribution is -2.32. The minimum absolute atomic E-state index is 0.108. The molecule has 0 radical (unpaired) electrons. The SMILES string of the molecule is CC(C)(C)C1=CC(=C/C=C/C=C/C=C/C2=[N+](CCCCCS(=O)(=O)[O-])c3cc(I)c(I)c(I)c3C2(C)CCCCCC(=O)O)C=C(C(C)(C)C)O1. The minimum atomic E-state index is -4.23. The molecule has 2 aliphatic heterocycles. The van der Waals surface area contributed by atoms with Crippen molar-refractivity contribution in [3.63, 3.8) is 0 Å². The molecule has 1 aromatic carbocycles. The molecule has 51 heavy (non-hydrogen) atoms. The van der Waals surface area contributed by atoms with Gasteiger partial charge in [0.1, 0.15) is 18.1 Å². The normalized spacial score (nSPS) is 18.5. The molecule has 11 heteroatoms. The number of carboxylic acid groups (broad SMARTS) is 1. The Hall–Kier alpha value is -1.30. The van der Waals surface area contributed by atoms with Crippen LogP contribution >= 0.6 is 67.8 Å². The number of hydrogen-bond acceptors (Lipinski definition) is 5. The fourth-order valence-corrected chi connectivity index (χ4v) is 9.39. The van der Waals surface area contributed by atoms with E-state index in [9.17, 15) is 17.8 Å². The number of ether oxygens (including phenoxy) is 1. The van der Waals surface area contributed by atoms with Gasteiger partial charge >= 0.3 is 5.97 Å². The van der Waals surface area contributed by atoms with Gasteiger partial charge in [-0.05, 0) is 118 Å². The van der Waals surface area contributed by atoms with E-state index in [1.807, 2.05) is 24.3 Å². The maximum Gasteiger partial charge on any atom is 0.303 e. The zero-order valence-electron chi connectivity index (χ0n) is 30.8. The van der Waals surface area contributed by atoms with Gasteiger partial charge in [0.15, 0.2) is 5.71 Å². The summed E-state index contributed by atoms with van der Waals surface area (Å²) in [6.07, 6.45) is 23.8. The second-order valence-corrected chi connectivity index (χ2v) is 20.3. The van der Waals surface area contributed by atoms with E-state index in [0.29, 0.717) is 25.8 Å². The highest BCUT2D eigenvalue weighted by atomic mass is 127. The number of carboxylic acids is 1. The molecule has 0 amide bonds. The lowest BCUT2D eigenvalue weighted by atomic mass is 9.75. The zero-order valence-corrected chi connectivity index (χ0v) is 38.1. The van der Waals surface area contributed by atoms with Gasteiger partial charge in [0.25, 0.3) is 0 Å². The summed E-state index contributed by atoms with van der Waals surface area (Å²) in [6, 6.07) is 2.24. The van der Waals surface area contributed by atoms with E-state index in [1.54, 1.807) is 0 Å². The number of hydrogen-bond donors (Lipinski definition) is 1. The van der Waals surface area contributed by atoms with Crippen molar-refractivity contribution in [3.05, 3.63) is 94.1 Å². The Balaban J connectivity index is 1.95. The topological polar surface area (TPSA) is 107 Å². The van der Waals surface area contributed by atoms with Gasteiger partial charge in [-0.3, -0.25) is 4.79 Å². The number of benzene rings is 1. The second-order valence-electron chi connectivity index (χ2n) is 15.4. The quantitative estimate of drug-likeness (QED) is 0.0441. The monoisotopic (exact) mass is 1060 g/mol. The van der Waals surface area contributed by atoms with Crippen LogP contribution in [0.5, 0.6) is 0 Å². The van der Waals surface area contributed by atoms with Crippen LogP contribution in [0.4, 0.5) is 5.69 Å². The van der Waals surface area contributed by atoms with E-state index in [1.165, 1.54) is 22.0 Å². The highest BCUT2D eigenvalue weighted by Gasteiger charge is 2.49. The van der Waals surface area contributed by atoms with Gasteiger partial charge in [0.05, 0.1) is 21.1 Å². The Morgan fingerprint density at radius 2 is 1.47 bits per heavy atom. The first kappa shape index (κ1) is 44.1.